The molecule has 4 nitrogen and oxygen atoms in total. The van der Waals surface area contributed by atoms with Gasteiger partial charge in [-0.2, -0.15) is 0 Å². The van der Waals surface area contributed by atoms with Crippen molar-refractivity contribution in [2.45, 2.75) is 6.04 Å². The minimum absolute atomic E-state index is 0.292. The molecule has 1 atom stereocenters. The van der Waals surface area contributed by atoms with Crippen molar-refractivity contribution in [3.05, 3.63) is 53.8 Å². The Hall–Kier alpha value is -1.78. The summed E-state index contributed by atoms with van der Waals surface area (Å²) in [4.78, 5) is 6.43. The largest absolute Gasteiger partial charge is 0.490 e. The van der Waals surface area contributed by atoms with Gasteiger partial charge >= 0.3 is 0 Å². The number of nitrogens with zero attached hydrogens (tertiary/aromatic N) is 2. The van der Waals surface area contributed by atoms with Gasteiger partial charge in [0.1, 0.15) is 12.4 Å². The normalized spacial score (nSPS) is 18.5. The molecule has 1 fully saturated rings. The fourth-order valence-electron chi connectivity index (χ4n) is 2.51. The number of piperazine rings is 1. The molecule has 0 saturated carbocycles. The second-order valence-corrected chi connectivity index (χ2v) is 5.46. The van der Waals surface area contributed by atoms with E-state index in [0.717, 1.165) is 30.4 Å². The third kappa shape index (κ3) is 3.65. The van der Waals surface area contributed by atoms with E-state index in [1.165, 1.54) is 5.69 Å². The van der Waals surface area contributed by atoms with Gasteiger partial charge in [0.05, 0.1) is 12.2 Å². The first kappa shape index (κ1) is 14.2. The standard InChI is InChI=1S/C16H18ClN3O/c17-13-3-5-14(6-4-13)20-9-8-19-10-15(20)12-21-16-2-1-7-18-11-16/h1-7,11,15,19H,8-10,12H2. The quantitative estimate of drug-likeness (QED) is 0.942. The SMILES string of the molecule is Clc1ccc(N2CCNCC2COc2cccnc2)cc1. The highest BCUT2D eigenvalue weighted by Crippen LogP contribution is 2.21. The summed E-state index contributed by atoms with van der Waals surface area (Å²) in [6.45, 7) is 3.47. The zero-order valence-electron chi connectivity index (χ0n) is 11.7. The van der Waals surface area contributed by atoms with Gasteiger partial charge in [-0.05, 0) is 36.4 Å². The van der Waals surface area contributed by atoms with Gasteiger partial charge in [0, 0.05) is 36.5 Å². The van der Waals surface area contributed by atoms with Gasteiger partial charge in [-0.1, -0.05) is 11.6 Å². The Morgan fingerprint density at radius 2 is 2.14 bits per heavy atom. The summed E-state index contributed by atoms with van der Waals surface area (Å²) in [6, 6.07) is 12.1. The Morgan fingerprint density at radius 3 is 2.90 bits per heavy atom. The molecule has 21 heavy (non-hydrogen) atoms. The number of hydrogen-bond acceptors (Lipinski definition) is 4. The van der Waals surface area contributed by atoms with Gasteiger partial charge in [0.15, 0.2) is 0 Å². The Morgan fingerprint density at radius 1 is 1.29 bits per heavy atom. The lowest BCUT2D eigenvalue weighted by atomic mass is 10.1. The average molecular weight is 304 g/mol. The van der Waals surface area contributed by atoms with Gasteiger partial charge in [-0.25, -0.2) is 0 Å². The molecule has 0 aliphatic carbocycles. The van der Waals surface area contributed by atoms with Crippen molar-refractivity contribution < 1.29 is 4.74 Å². The third-order valence-electron chi connectivity index (χ3n) is 3.59. The lowest BCUT2D eigenvalue weighted by Crippen LogP contribution is -2.54. The number of ether oxygens (including phenoxy) is 1. The highest BCUT2D eigenvalue weighted by Gasteiger charge is 2.23. The number of anilines is 1. The molecule has 1 unspecified atom stereocenters. The maximum absolute atomic E-state index is 5.97. The van der Waals surface area contributed by atoms with Crippen LogP contribution < -0.4 is 15.0 Å². The zero-order chi connectivity index (χ0) is 14.5. The van der Waals surface area contributed by atoms with Crippen LogP contribution in [0.3, 0.4) is 0 Å². The van der Waals surface area contributed by atoms with Crippen LogP contribution >= 0.6 is 11.6 Å². The van der Waals surface area contributed by atoms with Crippen LogP contribution in [0.1, 0.15) is 0 Å². The lowest BCUT2D eigenvalue weighted by Gasteiger charge is -2.37. The molecule has 2 aromatic rings. The molecule has 0 radical (unpaired) electrons. The Kier molecular flexibility index (Phi) is 4.58. The maximum atomic E-state index is 5.97. The molecule has 1 aromatic heterocycles. The molecule has 1 aliphatic heterocycles. The minimum Gasteiger partial charge on any atom is -0.490 e. The van der Waals surface area contributed by atoms with E-state index in [0.29, 0.717) is 12.6 Å². The number of benzene rings is 1. The highest BCUT2D eigenvalue weighted by molar-refractivity contribution is 6.30. The van der Waals surface area contributed by atoms with Crippen molar-refractivity contribution in [3.63, 3.8) is 0 Å². The van der Waals surface area contributed by atoms with E-state index >= 15 is 0 Å². The second kappa shape index (κ2) is 6.78. The molecule has 1 N–H and O–H groups in total. The fourth-order valence-corrected chi connectivity index (χ4v) is 2.63. The van der Waals surface area contributed by atoms with Crippen LogP contribution in [-0.2, 0) is 0 Å². The van der Waals surface area contributed by atoms with Crippen molar-refractivity contribution in [3.8, 4) is 5.75 Å². The van der Waals surface area contributed by atoms with Gasteiger partial charge in [0.25, 0.3) is 0 Å². The monoisotopic (exact) mass is 303 g/mol. The molecule has 1 saturated heterocycles. The molecule has 0 bridgehead atoms. The molecule has 1 aromatic carbocycles. The smallest absolute Gasteiger partial charge is 0.137 e. The number of rotatable bonds is 4. The van der Waals surface area contributed by atoms with E-state index in [-0.39, 0.29) is 0 Å². The summed E-state index contributed by atoms with van der Waals surface area (Å²) in [5.74, 6) is 0.805. The van der Waals surface area contributed by atoms with Crippen LogP contribution in [0.4, 0.5) is 5.69 Å². The molecule has 0 amide bonds. The number of pyridine rings is 1. The summed E-state index contributed by atoms with van der Waals surface area (Å²) < 4.78 is 5.85. The van der Waals surface area contributed by atoms with Crippen LogP contribution in [0.25, 0.3) is 0 Å². The molecule has 3 rings (SSSR count). The van der Waals surface area contributed by atoms with Crippen molar-refractivity contribution >= 4 is 17.3 Å². The first-order chi connectivity index (χ1) is 10.3. The van der Waals surface area contributed by atoms with Crippen molar-refractivity contribution in [1.82, 2.24) is 10.3 Å². The minimum atomic E-state index is 0.292. The second-order valence-electron chi connectivity index (χ2n) is 5.03. The average Bonchev–Trinajstić information content (AvgIpc) is 2.55. The van der Waals surface area contributed by atoms with Crippen LogP contribution in [0.2, 0.25) is 5.02 Å². The van der Waals surface area contributed by atoms with Crippen molar-refractivity contribution in [1.29, 1.82) is 0 Å². The molecule has 0 spiro atoms. The van der Waals surface area contributed by atoms with E-state index in [4.69, 9.17) is 16.3 Å². The molecular weight excluding hydrogens is 286 g/mol. The highest BCUT2D eigenvalue weighted by atomic mass is 35.5. The molecular formula is C16H18ClN3O. The summed E-state index contributed by atoms with van der Waals surface area (Å²) in [5.41, 5.74) is 1.18. The molecule has 2 heterocycles. The summed E-state index contributed by atoms with van der Waals surface area (Å²) >= 11 is 5.97. The van der Waals surface area contributed by atoms with E-state index < -0.39 is 0 Å². The van der Waals surface area contributed by atoms with E-state index in [9.17, 15) is 0 Å². The molecule has 1 aliphatic rings. The van der Waals surface area contributed by atoms with Crippen molar-refractivity contribution in [2.24, 2.45) is 0 Å². The van der Waals surface area contributed by atoms with E-state index in [2.05, 4.69) is 27.3 Å². The molecule has 110 valence electrons. The van der Waals surface area contributed by atoms with Crippen molar-refractivity contribution in [2.75, 3.05) is 31.1 Å². The third-order valence-corrected chi connectivity index (χ3v) is 3.84. The zero-order valence-corrected chi connectivity index (χ0v) is 12.5. The summed E-state index contributed by atoms with van der Waals surface area (Å²) in [6.07, 6.45) is 3.48. The maximum Gasteiger partial charge on any atom is 0.137 e. The first-order valence-electron chi connectivity index (χ1n) is 7.09. The van der Waals surface area contributed by atoms with Crippen LogP contribution in [0, 0.1) is 0 Å². The predicted octanol–water partition coefficient (Wildman–Crippen LogP) is 2.59. The van der Waals surface area contributed by atoms with Crippen LogP contribution in [0.15, 0.2) is 48.8 Å². The Bertz CT molecular complexity index is 561. The first-order valence-corrected chi connectivity index (χ1v) is 7.46. The Balaban J connectivity index is 1.68. The van der Waals surface area contributed by atoms with Crippen LogP contribution in [-0.4, -0.2) is 37.3 Å². The van der Waals surface area contributed by atoms with Gasteiger partial charge in [0.2, 0.25) is 0 Å². The van der Waals surface area contributed by atoms with Crippen LogP contribution in [0.5, 0.6) is 5.75 Å². The number of aromatic nitrogens is 1. The fraction of sp³-hybridized carbons (Fsp3) is 0.312. The Labute approximate surface area is 129 Å². The molecule has 5 heteroatoms. The predicted molar refractivity (Wildman–Crippen MR) is 85.2 cm³/mol. The number of hydrogen-bond donors (Lipinski definition) is 1. The topological polar surface area (TPSA) is 37.4 Å². The number of nitrogens with one attached hydrogen (secondary N) is 1. The van der Waals surface area contributed by atoms with Gasteiger partial charge < -0.3 is 15.0 Å². The summed E-state index contributed by atoms with van der Waals surface area (Å²) in [5, 5.41) is 4.18. The van der Waals surface area contributed by atoms with Gasteiger partial charge in [-0.15, -0.1) is 0 Å². The lowest BCUT2D eigenvalue weighted by molar-refractivity contribution is 0.266. The number of halogens is 1. The van der Waals surface area contributed by atoms with Gasteiger partial charge in [-0.3, -0.25) is 4.98 Å². The van der Waals surface area contributed by atoms with E-state index in [1.54, 1.807) is 12.4 Å². The summed E-state index contributed by atoms with van der Waals surface area (Å²) in [7, 11) is 0. The van der Waals surface area contributed by atoms with E-state index in [1.807, 2.05) is 24.3 Å².